The molecule has 134 valence electrons. The second-order valence-corrected chi connectivity index (χ2v) is 7.82. The van der Waals surface area contributed by atoms with Crippen LogP contribution in [0.3, 0.4) is 0 Å². The van der Waals surface area contributed by atoms with Crippen LogP contribution in [0.25, 0.3) is 0 Å². The lowest BCUT2D eigenvalue weighted by atomic mass is 10.1. The molecule has 2 aromatic rings. The van der Waals surface area contributed by atoms with Gasteiger partial charge in [-0.3, -0.25) is 4.79 Å². The minimum absolute atomic E-state index is 0.00559. The molecule has 0 N–H and O–H groups in total. The van der Waals surface area contributed by atoms with E-state index in [4.69, 9.17) is 0 Å². The number of rotatable bonds is 4. The molecule has 0 radical (unpaired) electrons. The molecular formula is C15H17F2N5OS2. The second-order valence-electron chi connectivity index (χ2n) is 5.57. The molecule has 1 aromatic carbocycles. The van der Waals surface area contributed by atoms with E-state index < -0.39 is 11.6 Å². The number of aromatic nitrogens is 4. The Kier molecular flexibility index (Phi) is 5.89. The standard InChI is InChI=1S/C15H17F2N5OS2/c1-21-15(18-19-20-21)25-9-14(23)22-5-4-13(24-7-6-22)11-8-10(16)2-3-12(11)17/h2-3,8,13H,4-7,9H2,1H3/t13-/m1/s1. The van der Waals surface area contributed by atoms with E-state index in [9.17, 15) is 13.6 Å². The number of hydrogen-bond acceptors (Lipinski definition) is 6. The Labute approximate surface area is 152 Å². The monoisotopic (exact) mass is 385 g/mol. The number of nitrogens with zero attached hydrogens (tertiary/aromatic N) is 5. The molecule has 0 bridgehead atoms. The molecule has 1 aliphatic rings. The van der Waals surface area contributed by atoms with Crippen molar-refractivity contribution in [1.82, 2.24) is 25.1 Å². The molecule has 6 nitrogen and oxygen atoms in total. The van der Waals surface area contributed by atoms with Gasteiger partial charge in [0, 0.05) is 36.7 Å². The first-order chi connectivity index (χ1) is 12.0. The Hall–Kier alpha value is -1.68. The second kappa shape index (κ2) is 8.13. The summed E-state index contributed by atoms with van der Waals surface area (Å²) >= 11 is 2.84. The van der Waals surface area contributed by atoms with Gasteiger partial charge in [0.05, 0.1) is 5.75 Å². The van der Waals surface area contributed by atoms with E-state index in [-0.39, 0.29) is 16.9 Å². The van der Waals surface area contributed by atoms with Crippen molar-refractivity contribution < 1.29 is 13.6 Å². The summed E-state index contributed by atoms with van der Waals surface area (Å²) in [4.78, 5) is 14.2. The number of hydrogen-bond donors (Lipinski definition) is 0. The number of tetrazole rings is 1. The topological polar surface area (TPSA) is 63.9 Å². The van der Waals surface area contributed by atoms with Crippen molar-refractivity contribution in [3.63, 3.8) is 0 Å². The fourth-order valence-electron chi connectivity index (χ4n) is 2.59. The van der Waals surface area contributed by atoms with Gasteiger partial charge in [0.25, 0.3) is 0 Å². The molecule has 25 heavy (non-hydrogen) atoms. The molecule has 1 amide bonds. The smallest absolute Gasteiger partial charge is 0.233 e. The van der Waals surface area contributed by atoms with Crippen LogP contribution in [-0.2, 0) is 11.8 Å². The number of carbonyl (C=O) groups excluding carboxylic acids is 1. The number of amides is 1. The van der Waals surface area contributed by atoms with Gasteiger partial charge in [-0.1, -0.05) is 11.8 Å². The van der Waals surface area contributed by atoms with Gasteiger partial charge < -0.3 is 4.90 Å². The van der Waals surface area contributed by atoms with E-state index in [0.29, 0.717) is 36.0 Å². The maximum absolute atomic E-state index is 14.0. The molecule has 1 saturated heterocycles. The van der Waals surface area contributed by atoms with Crippen LogP contribution >= 0.6 is 23.5 Å². The molecule has 0 unspecified atom stereocenters. The van der Waals surface area contributed by atoms with Gasteiger partial charge in [0.1, 0.15) is 11.6 Å². The van der Waals surface area contributed by atoms with Crippen LogP contribution in [0.1, 0.15) is 17.2 Å². The van der Waals surface area contributed by atoms with E-state index >= 15 is 0 Å². The van der Waals surface area contributed by atoms with Gasteiger partial charge in [0.15, 0.2) is 0 Å². The molecular weight excluding hydrogens is 368 g/mol. The Bertz CT molecular complexity index is 757. The van der Waals surface area contributed by atoms with Crippen molar-refractivity contribution in [3.8, 4) is 0 Å². The van der Waals surface area contributed by atoms with Gasteiger partial charge >= 0.3 is 0 Å². The summed E-state index contributed by atoms with van der Waals surface area (Å²) in [5.41, 5.74) is 0.374. The molecule has 1 aliphatic heterocycles. The zero-order valence-corrected chi connectivity index (χ0v) is 15.2. The highest BCUT2D eigenvalue weighted by Crippen LogP contribution is 2.36. The highest BCUT2D eigenvalue weighted by molar-refractivity contribution is 8.00. The summed E-state index contributed by atoms with van der Waals surface area (Å²) in [6, 6.07) is 3.53. The van der Waals surface area contributed by atoms with E-state index in [1.165, 1.54) is 22.5 Å². The fraction of sp³-hybridized carbons (Fsp3) is 0.467. The Morgan fingerprint density at radius 2 is 2.24 bits per heavy atom. The summed E-state index contributed by atoms with van der Waals surface area (Å²) in [6.07, 6.45) is 0.590. The Morgan fingerprint density at radius 3 is 3.00 bits per heavy atom. The SMILES string of the molecule is Cn1nnnc1SCC(=O)N1CCS[C@@H](c2cc(F)ccc2F)CC1. The normalized spacial score (nSPS) is 18.2. The first-order valence-corrected chi connectivity index (χ1v) is 9.77. The first kappa shape index (κ1) is 18.1. The zero-order valence-electron chi connectivity index (χ0n) is 13.6. The van der Waals surface area contributed by atoms with Crippen LogP contribution in [0.2, 0.25) is 0 Å². The third-order valence-electron chi connectivity index (χ3n) is 3.91. The third kappa shape index (κ3) is 4.49. The molecule has 1 aromatic heterocycles. The maximum Gasteiger partial charge on any atom is 0.233 e. The predicted molar refractivity (Wildman–Crippen MR) is 92.3 cm³/mol. The minimum atomic E-state index is -0.442. The highest BCUT2D eigenvalue weighted by Gasteiger charge is 2.24. The minimum Gasteiger partial charge on any atom is -0.341 e. The summed E-state index contributed by atoms with van der Waals surface area (Å²) in [7, 11) is 1.72. The van der Waals surface area contributed by atoms with Crippen molar-refractivity contribution in [2.75, 3.05) is 24.6 Å². The fourth-order valence-corrected chi connectivity index (χ4v) is 4.59. The van der Waals surface area contributed by atoms with E-state index in [1.807, 2.05) is 0 Å². The lowest BCUT2D eigenvalue weighted by Crippen LogP contribution is -2.34. The Morgan fingerprint density at radius 1 is 1.40 bits per heavy atom. The van der Waals surface area contributed by atoms with Crippen LogP contribution in [0, 0.1) is 11.6 Å². The number of halogens is 2. The lowest BCUT2D eigenvalue weighted by molar-refractivity contribution is -0.128. The summed E-state index contributed by atoms with van der Waals surface area (Å²) < 4.78 is 28.9. The van der Waals surface area contributed by atoms with Gasteiger partial charge in [-0.15, -0.1) is 5.10 Å². The molecule has 2 heterocycles. The predicted octanol–water partition coefficient (Wildman–Crippen LogP) is 2.29. The van der Waals surface area contributed by atoms with Crippen molar-refractivity contribution in [1.29, 1.82) is 0 Å². The lowest BCUT2D eigenvalue weighted by Gasteiger charge is -2.20. The highest BCUT2D eigenvalue weighted by atomic mass is 32.2. The third-order valence-corrected chi connectivity index (χ3v) is 6.21. The summed E-state index contributed by atoms with van der Waals surface area (Å²) in [5.74, 6) is 0.0845. The van der Waals surface area contributed by atoms with E-state index in [1.54, 1.807) is 23.7 Å². The van der Waals surface area contributed by atoms with Crippen molar-refractivity contribution in [3.05, 3.63) is 35.4 Å². The van der Waals surface area contributed by atoms with Gasteiger partial charge in [0.2, 0.25) is 11.1 Å². The maximum atomic E-state index is 14.0. The number of thioether (sulfide) groups is 2. The van der Waals surface area contributed by atoms with Crippen molar-refractivity contribution >= 4 is 29.4 Å². The van der Waals surface area contributed by atoms with Crippen LogP contribution < -0.4 is 0 Å². The first-order valence-electron chi connectivity index (χ1n) is 7.74. The molecule has 10 heteroatoms. The van der Waals surface area contributed by atoms with Gasteiger partial charge in [-0.25, -0.2) is 13.5 Å². The van der Waals surface area contributed by atoms with Crippen LogP contribution in [0.4, 0.5) is 8.78 Å². The van der Waals surface area contributed by atoms with E-state index in [2.05, 4.69) is 15.5 Å². The molecule has 0 aliphatic carbocycles. The summed E-state index contributed by atoms with van der Waals surface area (Å²) in [5, 5.41) is 11.5. The molecule has 0 saturated carbocycles. The van der Waals surface area contributed by atoms with Crippen LogP contribution in [-0.4, -0.2) is 55.6 Å². The molecule has 3 rings (SSSR count). The average Bonchev–Trinajstić information content (AvgIpc) is 2.85. The van der Waals surface area contributed by atoms with Crippen LogP contribution in [0.5, 0.6) is 0 Å². The van der Waals surface area contributed by atoms with Crippen LogP contribution in [0.15, 0.2) is 23.4 Å². The quantitative estimate of drug-likeness (QED) is 0.753. The van der Waals surface area contributed by atoms with Crippen molar-refractivity contribution in [2.45, 2.75) is 16.8 Å². The number of benzene rings is 1. The van der Waals surface area contributed by atoms with E-state index in [0.717, 1.165) is 12.1 Å². The van der Waals surface area contributed by atoms with Crippen molar-refractivity contribution in [2.24, 2.45) is 7.05 Å². The molecule has 1 atom stereocenters. The van der Waals surface area contributed by atoms with Gasteiger partial charge in [-0.2, -0.15) is 11.8 Å². The Balaban J connectivity index is 1.58. The van der Waals surface area contributed by atoms with Gasteiger partial charge in [-0.05, 0) is 35.0 Å². The zero-order chi connectivity index (χ0) is 17.8. The number of aryl methyl sites for hydroxylation is 1. The average molecular weight is 385 g/mol. The molecule has 0 spiro atoms. The largest absolute Gasteiger partial charge is 0.341 e. The summed E-state index contributed by atoms with van der Waals surface area (Å²) in [6.45, 7) is 1.11. The number of carbonyl (C=O) groups is 1. The molecule has 1 fully saturated rings.